The lowest BCUT2D eigenvalue weighted by Crippen LogP contribution is -2.17. The Morgan fingerprint density at radius 2 is 1.15 bits per heavy atom. The van der Waals surface area contributed by atoms with Crippen molar-refractivity contribution in [3.8, 4) is 0 Å². The van der Waals surface area contributed by atoms with E-state index in [1.165, 1.54) is 0 Å². The molecule has 0 N–H and O–H groups in total. The van der Waals surface area contributed by atoms with Gasteiger partial charge in [0.2, 0.25) is 0 Å². The molecule has 0 saturated heterocycles. The molecule has 0 radical (unpaired) electrons. The van der Waals surface area contributed by atoms with Crippen LogP contribution in [0.1, 0.15) is 46.0 Å². The van der Waals surface area contributed by atoms with E-state index in [0.717, 1.165) is 22.3 Å². The lowest BCUT2D eigenvalue weighted by atomic mass is 9.77. The van der Waals surface area contributed by atoms with E-state index in [1.807, 2.05) is 85.8 Å². The van der Waals surface area contributed by atoms with Gasteiger partial charge >= 0.3 is 0 Å². The van der Waals surface area contributed by atoms with Crippen LogP contribution in [0.3, 0.4) is 0 Å². The summed E-state index contributed by atoms with van der Waals surface area (Å²) in [6, 6.07) is 24.8. The molecule has 1 aliphatic rings. The molecule has 0 aromatic heterocycles. The molecule has 0 saturated carbocycles. The van der Waals surface area contributed by atoms with E-state index < -0.39 is 0 Å². The fraction of sp³-hybridized carbons (Fsp3) is 0.0833. The molecule has 126 valence electrons. The highest BCUT2D eigenvalue weighted by atomic mass is 16.1. The number of ketones is 2. The van der Waals surface area contributed by atoms with E-state index in [4.69, 9.17) is 0 Å². The van der Waals surface area contributed by atoms with Crippen LogP contribution < -0.4 is 0 Å². The number of hydrogen-bond donors (Lipinski definition) is 0. The molecule has 0 atom stereocenters. The van der Waals surface area contributed by atoms with Gasteiger partial charge in [0, 0.05) is 28.7 Å². The highest BCUT2D eigenvalue weighted by molar-refractivity contribution is 6.33. The van der Waals surface area contributed by atoms with Gasteiger partial charge in [-0.3, -0.25) is 9.59 Å². The Balaban J connectivity index is 2.15. The van der Waals surface area contributed by atoms with Gasteiger partial charge in [0.05, 0.1) is 0 Å². The molecule has 2 heteroatoms. The van der Waals surface area contributed by atoms with Crippen molar-refractivity contribution in [3.05, 3.63) is 107 Å². The molecule has 0 unspecified atom stereocenters. The third-order valence-electron chi connectivity index (χ3n) is 4.79. The fourth-order valence-electron chi connectivity index (χ4n) is 3.58. The van der Waals surface area contributed by atoms with Crippen LogP contribution in [-0.4, -0.2) is 11.6 Å². The van der Waals surface area contributed by atoms with Crippen molar-refractivity contribution in [1.29, 1.82) is 0 Å². The van der Waals surface area contributed by atoms with Crippen LogP contribution in [0, 0.1) is 0 Å². The van der Waals surface area contributed by atoms with Crippen LogP contribution in [0.25, 0.3) is 11.1 Å². The second-order valence-electron chi connectivity index (χ2n) is 6.31. The smallest absolute Gasteiger partial charge is 0.194 e. The van der Waals surface area contributed by atoms with Gasteiger partial charge in [0.15, 0.2) is 11.6 Å². The summed E-state index contributed by atoms with van der Waals surface area (Å²) in [5.74, 6) is 0.0847. The minimum absolute atomic E-state index is 0.0105. The molecule has 0 bridgehead atoms. The second kappa shape index (κ2) is 6.57. The monoisotopic (exact) mass is 338 g/mol. The number of hydrogen-bond acceptors (Lipinski definition) is 2. The highest BCUT2D eigenvalue weighted by Crippen LogP contribution is 2.41. The Morgan fingerprint density at radius 3 is 1.65 bits per heavy atom. The van der Waals surface area contributed by atoms with Crippen molar-refractivity contribution in [2.45, 2.75) is 13.3 Å². The van der Waals surface area contributed by atoms with E-state index in [-0.39, 0.29) is 11.6 Å². The van der Waals surface area contributed by atoms with Crippen LogP contribution in [0.2, 0.25) is 0 Å². The van der Waals surface area contributed by atoms with E-state index >= 15 is 0 Å². The van der Waals surface area contributed by atoms with Crippen LogP contribution in [-0.2, 0) is 4.79 Å². The summed E-state index contributed by atoms with van der Waals surface area (Å²) in [6.07, 6.45) is 0.409. The predicted molar refractivity (Wildman–Crippen MR) is 104 cm³/mol. The fourth-order valence-corrected chi connectivity index (χ4v) is 3.58. The SMILES string of the molecule is CCC(=O)C(=C1c2ccccc2C(=O)c2ccccc21)c1ccccc1. The summed E-state index contributed by atoms with van der Waals surface area (Å²) in [7, 11) is 0. The van der Waals surface area contributed by atoms with Crippen molar-refractivity contribution in [3.63, 3.8) is 0 Å². The van der Waals surface area contributed by atoms with Gasteiger partial charge in [-0.25, -0.2) is 0 Å². The zero-order valence-electron chi connectivity index (χ0n) is 14.5. The van der Waals surface area contributed by atoms with Crippen LogP contribution in [0.15, 0.2) is 78.9 Å². The number of fused-ring (bicyclic) bond motifs is 2. The molecule has 3 aromatic carbocycles. The third kappa shape index (κ3) is 2.51. The van der Waals surface area contributed by atoms with Gasteiger partial charge in [0.25, 0.3) is 0 Å². The minimum atomic E-state index is 0.0105. The molecular weight excluding hydrogens is 320 g/mol. The molecule has 4 rings (SSSR count). The summed E-state index contributed by atoms with van der Waals surface area (Å²) in [6.45, 7) is 1.87. The van der Waals surface area contributed by atoms with E-state index in [2.05, 4.69) is 0 Å². The first-order valence-electron chi connectivity index (χ1n) is 8.78. The maximum atomic E-state index is 13.0. The van der Waals surface area contributed by atoms with Crippen molar-refractivity contribution < 1.29 is 9.59 Å². The molecule has 0 heterocycles. The standard InChI is InChI=1S/C24H18O2/c1-2-21(25)22(16-10-4-3-5-11-16)23-17-12-6-8-14-19(17)24(26)20-15-9-7-13-18(20)23/h3-15H,2H2,1H3. The molecule has 3 aromatic rings. The first-order chi connectivity index (χ1) is 12.7. The summed E-state index contributed by atoms with van der Waals surface area (Å²) in [4.78, 5) is 25.9. The normalized spacial score (nSPS) is 12.3. The Morgan fingerprint density at radius 1 is 0.692 bits per heavy atom. The molecule has 0 aliphatic heterocycles. The van der Waals surface area contributed by atoms with Crippen molar-refractivity contribution in [2.75, 3.05) is 0 Å². The van der Waals surface area contributed by atoms with Gasteiger partial charge in [0.1, 0.15) is 0 Å². The Bertz CT molecular complexity index is 991. The van der Waals surface area contributed by atoms with Gasteiger partial charge in [-0.05, 0) is 16.7 Å². The van der Waals surface area contributed by atoms with E-state index in [9.17, 15) is 9.59 Å². The largest absolute Gasteiger partial charge is 0.294 e. The lowest BCUT2D eigenvalue weighted by molar-refractivity contribution is -0.113. The van der Waals surface area contributed by atoms with Crippen molar-refractivity contribution in [1.82, 2.24) is 0 Å². The zero-order valence-corrected chi connectivity index (χ0v) is 14.5. The van der Waals surface area contributed by atoms with Crippen LogP contribution >= 0.6 is 0 Å². The predicted octanol–water partition coefficient (Wildman–Crippen LogP) is 5.17. The van der Waals surface area contributed by atoms with Crippen LogP contribution in [0.4, 0.5) is 0 Å². The molecule has 26 heavy (non-hydrogen) atoms. The van der Waals surface area contributed by atoms with Crippen LogP contribution in [0.5, 0.6) is 0 Å². The average Bonchev–Trinajstić information content (AvgIpc) is 2.71. The van der Waals surface area contributed by atoms with Gasteiger partial charge < -0.3 is 0 Å². The van der Waals surface area contributed by atoms with Gasteiger partial charge in [-0.1, -0.05) is 85.8 Å². The minimum Gasteiger partial charge on any atom is -0.294 e. The van der Waals surface area contributed by atoms with Crippen molar-refractivity contribution >= 4 is 22.7 Å². The Hall–Kier alpha value is -3.26. The molecule has 1 aliphatic carbocycles. The topological polar surface area (TPSA) is 34.1 Å². The first kappa shape index (κ1) is 16.2. The summed E-state index contributed by atoms with van der Waals surface area (Å²) < 4.78 is 0. The average molecular weight is 338 g/mol. The maximum Gasteiger partial charge on any atom is 0.194 e. The molecule has 0 spiro atoms. The van der Waals surface area contributed by atoms with Gasteiger partial charge in [-0.2, -0.15) is 0 Å². The Kier molecular flexibility index (Phi) is 4.10. The lowest BCUT2D eigenvalue weighted by Gasteiger charge is -2.24. The second-order valence-corrected chi connectivity index (χ2v) is 6.31. The van der Waals surface area contributed by atoms with Crippen molar-refractivity contribution in [2.24, 2.45) is 0 Å². The molecular formula is C24H18O2. The number of benzene rings is 3. The van der Waals surface area contributed by atoms with Gasteiger partial charge in [-0.15, -0.1) is 0 Å². The Labute approximate surface area is 152 Å². The number of rotatable bonds is 3. The molecule has 0 fully saturated rings. The molecule has 2 nitrogen and oxygen atoms in total. The number of carbonyl (C=O) groups excluding carboxylic acids is 2. The number of allylic oxidation sites excluding steroid dienone is 1. The summed E-state index contributed by atoms with van der Waals surface area (Å²) in [5.41, 5.74) is 5.38. The number of Topliss-reactive ketones (excluding diaryl/α,β-unsaturated/α-hetero) is 1. The summed E-state index contributed by atoms with van der Waals surface area (Å²) >= 11 is 0. The first-order valence-corrected chi connectivity index (χ1v) is 8.78. The summed E-state index contributed by atoms with van der Waals surface area (Å²) in [5, 5.41) is 0. The number of carbonyl (C=O) groups is 2. The maximum absolute atomic E-state index is 13.0. The molecule has 0 amide bonds. The van der Waals surface area contributed by atoms with E-state index in [0.29, 0.717) is 23.1 Å². The van der Waals surface area contributed by atoms with E-state index in [1.54, 1.807) is 0 Å². The zero-order chi connectivity index (χ0) is 18.1. The quantitative estimate of drug-likeness (QED) is 0.483. The highest BCUT2D eigenvalue weighted by Gasteiger charge is 2.30. The third-order valence-corrected chi connectivity index (χ3v) is 4.79.